The van der Waals surface area contributed by atoms with Gasteiger partial charge >= 0.3 is 12.2 Å². The molecule has 22 heavy (non-hydrogen) atoms. The van der Waals surface area contributed by atoms with Crippen molar-refractivity contribution in [2.24, 2.45) is 0 Å². The van der Waals surface area contributed by atoms with Crippen molar-refractivity contribution in [3.05, 3.63) is 16.1 Å². The maximum Gasteiger partial charge on any atom is 0.434 e. The van der Waals surface area contributed by atoms with Crippen molar-refractivity contribution < 1.29 is 23.1 Å². The van der Waals surface area contributed by atoms with E-state index in [2.05, 4.69) is 15.6 Å². The Balaban J connectivity index is 2.68. The Kier molecular flexibility index (Phi) is 7.08. The Morgan fingerprint density at radius 2 is 2.05 bits per heavy atom. The van der Waals surface area contributed by atoms with Gasteiger partial charge in [-0.15, -0.1) is 11.3 Å². The Morgan fingerprint density at radius 3 is 2.50 bits per heavy atom. The SMILES string of the molecule is CCC(CCO)NC(=O)NC(CC)c1nc(C(F)(F)F)cs1. The minimum Gasteiger partial charge on any atom is -0.396 e. The number of amides is 2. The molecule has 0 saturated carbocycles. The number of aliphatic hydroxyl groups excluding tert-OH is 1. The number of carbonyl (C=O) groups is 1. The molecule has 0 spiro atoms. The van der Waals surface area contributed by atoms with Crippen molar-refractivity contribution in [1.82, 2.24) is 15.6 Å². The van der Waals surface area contributed by atoms with Crippen molar-refractivity contribution in [2.45, 2.75) is 51.4 Å². The first-order chi connectivity index (χ1) is 10.3. The number of halogens is 3. The molecule has 9 heteroatoms. The summed E-state index contributed by atoms with van der Waals surface area (Å²) in [5.41, 5.74) is -0.945. The van der Waals surface area contributed by atoms with Gasteiger partial charge in [0.05, 0.1) is 6.04 Å². The minimum atomic E-state index is -4.48. The number of aliphatic hydroxyl groups is 1. The van der Waals surface area contributed by atoms with Gasteiger partial charge in [-0.2, -0.15) is 13.2 Å². The minimum absolute atomic E-state index is 0.0442. The molecule has 1 heterocycles. The van der Waals surface area contributed by atoms with E-state index < -0.39 is 23.9 Å². The van der Waals surface area contributed by atoms with Crippen molar-refractivity contribution in [3.63, 3.8) is 0 Å². The summed E-state index contributed by atoms with van der Waals surface area (Å²) < 4.78 is 37.7. The number of alkyl halides is 3. The van der Waals surface area contributed by atoms with Crippen LogP contribution in [0, 0.1) is 0 Å². The fourth-order valence-electron chi connectivity index (χ4n) is 1.84. The first-order valence-electron chi connectivity index (χ1n) is 7.02. The number of aromatic nitrogens is 1. The fraction of sp³-hybridized carbons (Fsp3) is 0.692. The van der Waals surface area contributed by atoms with Crippen LogP contribution in [0.4, 0.5) is 18.0 Å². The van der Waals surface area contributed by atoms with Gasteiger partial charge in [-0.25, -0.2) is 9.78 Å². The number of urea groups is 1. The van der Waals surface area contributed by atoms with Crippen LogP contribution in [0.2, 0.25) is 0 Å². The third-order valence-corrected chi connectivity index (χ3v) is 4.09. The molecule has 2 amide bonds. The van der Waals surface area contributed by atoms with Crippen LogP contribution in [0.1, 0.15) is 49.9 Å². The summed E-state index contributed by atoms with van der Waals surface area (Å²) in [5, 5.41) is 15.3. The third-order valence-electron chi connectivity index (χ3n) is 3.13. The monoisotopic (exact) mass is 339 g/mol. The Morgan fingerprint density at radius 1 is 1.36 bits per heavy atom. The average Bonchev–Trinajstić information content (AvgIpc) is 2.94. The highest BCUT2D eigenvalue weighted by Crippen LogP contribution is 2.32. The standard InChI is InChI=1S/C13H20F3N3O2S/c1-3-8(5-6-20)17-12(21)18-9(4-2)11-19-10(7-22-11)13(14,15)16/h7-9,20H,3-6H2,1-2H3,(H2,17,18,21). The van der Waals surface area contributed by atoms with Crippen molar-refractivity contribution in [1.29, 1.82) is 0 Å². The van der Waals surface area contributed by atoms with Gasteiger partial charge in [0.1, 0.15) is 5.01 Å². The highest BCUT2D eigenvalue weighted by molar-refractivity contribution is 7.09. The van der Waals surface area contributed by atoms with E-state index in [1.54, 1.807) is 6.92 Å². The molecule has 0 aliphatic carbocycles. The number of nitrogens with zero attached hydrogens (tertiary/aromatic N) is 1. The molecule has 1 aromatic rings. The van der Waals surface area contributed by atoms with Crippen molar-refractivity contribution >= 4 is 17.4 Å². The number of carbonyl (C=O) groups excluding carboxylic acids is 1. The molecule has 0 aromatic carbocycles. The Bertz CT molecular complexity index is 479. The van der Waals surface area contributed by atoms with Crippen LogP contribution in [0.5, 0.6) is 0 Å². The summed E-state index contributed by atoms with van der Waals surface area (Å²) in [6, 6.07) is -1.23. The Labute approximate surface area is 130 Å². The summed E-state index contributed by atoms with van der Waals surface area (Å²) in [6.45, 7) is 3.58. The second kappa shape index (κ2) is 8.33. The van der Waals surface area contributed by atoms with Crippen LogP contribution in [-0.2, 0) is 6.18 Å². The molecule has 2 atom stereocenters. The topological polar surface area (TPSA) is 74.2 Å². The maximum atomic E-state index is 12.6. The quantitative estimate of drug-likeness (QED) is 0.715. The highest BCUT2D eigenvalue weighted by Gasteiger charge is 2.34. The fourth-order valence-corrected chi connectivity index (χ4v) is 2.80. The number of nitrogens with one attached hydrogen (secondary N) is 2. The molecule has 126 valence electrons. The number of rotatable bonds is 7. The van der Waals surface area contributed by atoms with Crippen LogP contribution in [-0.4, -0.2) is 28.8 Å². The van der Waals surface area contributed by atoms with Crippen LogP contribution in [0.25, 0.3) is 0 Å². The van der Waals surface area contributed by atoms with E-state index in [9.17, 15) is 18.0 Å². The van der Waals surface area contributed by atoms with Crippen LogP contribution in [0.15, 0.2) is 5.38 Å². The molecular weight excluding hydrogens is 319 g/mol. The first-order valence-corrected chi connectivity index (χ1v) is 7.90. The molecule has 0 bridgehead atoms. The Hall–Kier alpha value is -1.35. The summed E-state index contributed by atoms with van der Waals surface area (Å²) in [5.74, 6) is 0. The molecule has 3 N–H and O–H groups in total. The van der Waals surface area contributed by atoms with Gasteiger partial charge in [-0.3, -0.25) is 0 Å². The highest BCUT2D eigenvalue weighted by atomic mass is 32.1. The lowest BCUT2D eigenvalue weighted by Crippen LogP contribution is -2.43. The average molecular weight is 339 g/mol. The van der Waals surface area contributed by atoms with Crippen LogP contribution in [0.3, 0.4) is 0 Å². The van der Waals surface area contributed by atoms with Crippen LogP contribution < -0.4 is 10.6 Å². The molecule has 0 radical (unpaired) electrons. The predicted molar refractivity (Wildman–Crippen MR) is 77.6 cm³/mol. The molecular formula is C13H20F3N3O2S. The first kappa shape index (κ1) is 18.7. The van der Waals surface area contributed by atoms with E-state index in [1.165, 1.54) is 0 Å². The van der Waals surface area contributed by atoms with Crippen LogP contribution >= 0.6 is 11.3 Å². The molecule has 0 aliphatic rings. The molecule has 0 fully saturated rings. The largest absolute Gasteiger partial charge is 0.434 e. The van der Waals surface area contributed by atoms with E-state index >= 15 is 0 Å². The van der Waals surface area contributed by atoms with Crippen molar-refractivity contribution in [2.75, 3.05) is 6.61 Å². The van der Waals surface area contributed by atoms with E-state index in [-0.39, 0.29) is 17.7 Å². The number of hydrogen-bond donors (Lipinski definition) is 3. The zero-order valence-electron chi connectivity index (χ0n) is 12.4. The lowest BCUT2D eigenvalue weighted by atomic mass is 10.1. The normalized spacial score (nSPS) is 14.5. The van der Waals surface area contributed by atoms with E-state index in [4.69, 9.17) is 5.11 Å². The van der Waals surface area contributed by atoms with E-state index in [0.717, 1.165) is 16.7 Å². The summed E-state index contributed by atoms with van der Waals surface area (Å²) in [6.07, 6.45) is -2.98. The second-order valence-electron chi connectivity index (χ2n) is 4.76. The van der Waals surface area contributed by atoms with Gasteiger partial charge < -0.3 is 15.7 Å². The predicted octanol–water partition coefficient (Wildman–Crippen LogP) is 3.07. The summed E-state index contributed by atoms with van der Waals surface area (Å²) >= 11 is 0.872. The lowest BCUT2D eigenvalue weighted by Gasteiger charge is -2.19. The van der Waals surface area contributed by atoms with E-state index in [1.807, 2.05) is 6.92 Å². The number of hydrogen-bond acceptors (Lipinski definition) is 4. The van der Waals surface area contributed by atoms with Gasteiger partial charge in [-0.1, -0.05) is 13.8 Å². The second-order valence-corrected chi connectivity index (χ2v) is 5.65. The summed E-state index contributed by atoms with van der Waals surface area (Å²) in [4.78, 5) is 15.4. The lowest BCUT2D eigenvalue weighted by molar-refractivity contribution is -0.140. The van der Waals surface area contributed by atoms with Gasteiger partial charge in [0.2, 0.25) is 0 Å². The molecule has 5 nitrogen and oxygen atoms in total. The van der Waals surface area contributed by atoms with Gasteiger partial charge in [0.15, 0.2) is 5.69 Å². The van der Waals surface area contributed by atoms with Gasteiger partial charge in [-0.05, 0) is 19.3 Å². The van der Waals surface area contributed by atoms with Gasteiger partial charge in [0, 0.05) is 18.0 Å². The van der Waals surface area contributed by atoms with Crippen molar-refractivity contribution in [3.8, 4) is 0 Å². The molecule has 1 rings (SSSR count). The van der Waals surface area contributed by atoms with Gasteiger partial charge in [0.25, 0.3) is 0 Å². The third kappa shape index (κ3) is 5.45. The molecule has 1 aromatic heterocycles. The molecule has 2 unspecified atom stereocenters. The number of thiazole rings is 1. The summed E-state index contributed by atoms with van der Waals surface area (Å²) in [7, 11) is 0. The molecule has 0 saturated heterocycles. The van der Waals surface area contributed by atoms with E-state index in [0.29, 0.717) is 19.3 Å². The zero-order chi connectivity index (χ0) is 16.8. The molecule has 0 aliphatic heterocycles. The smallest absolute Gasteiger partial charge is 0.396 e. The maximum absolute atomic E-state index is 12.6. The zero-order valence-corrected chi connectivity index (χ0v) is 13.2.